The number of nitrogens with two attached hydrogens (primary N) is 1. The molecule has 0 aliphatic carbocycles. The molecule has 14 heavy (non-hydrogen) atoms. The van der Waals surface area contributed by atoms with E-state index in [2.05, 4.69) is 17.4 Å². The van der Waals surface area contributed by atoms with Gasteiger partial charge in [0.25, 0.3) is 0 Å². The SMILES string of the molecule is COC(=O)[C@@H](S)[C@@H](N)c1ccccc1. The van der Waals surface area contributed by atoms with E-state index in [0.717, 1.165) is 5.56 Å². The molecule has 0 fully saturated rings. The normalized spacial score (nSPS) is 14.5. The summed E-state index contributed by atoms with van der Waals surface area (Å²) in [7, 11) is 1.32. The molecular weight excluding hydrogens is 198 g/mol. The van der Waals surface area contributed by atoms with Gasteiger partial charge in [0.05, 0.1) is 13.2 Å². The third kappa shape index (κ3) is 2.49. The maximum atomic E-state index is 11.1. The fraction of sp³-hybridized carbons (Fsp3) is 0.300. The van der Waals surface area contributed by atoms with Crippen LogP contribution in [-0.2, 0) is 9.53 Å². The van der Waals surface area contributed by atoms with Crippen molar-refractivity contribution in [2.75, 3.05) is 7.11 Å². The minimum absolute atomic E-state index is 0.412. The number of carbonyl (C=O) groups excluding carboxylic acids is 1. The van der Waals surface area contributed by atoms with E-state index in [1.807, 2.05) is 30.3 Å². The van der Waals surface area contributed by atoms with Crippen molar-refractivity contribution in [1.29, 1.82) is 0 Å². The number of thiol groups is 1. The highest BCUT2D eigenvalue weighted by Crippen LogP contribution is 2.18. The van der Waals surface area contributed by atoms with Gasteiger partial charge in [-0.25, -0.2) is 0 Å². The topological polar surface area (TPSA) is 52.3 Å². The Morgan fingerprint density at radius 1 is 1.43 bits per heavy atom. The third-order valence-corrected chi connectivity index (χ3v) is 2.50. The highest BCUT2D eigenvalue weighted by Gasteiger charge is 2.23. The zero-order valence-electron chi connectivity index (χ0n) is 7.88. The number of ether oxygens (including phenoxy) is 1. The molecule has 1 aromatic carbocycles. The first-order valence-corrected chi connectivity index (χ1v) is 4.75. The van der Waals surface area contributed by atoms with Crippen LogP contribution in [0.4, 0.5) is 0 Å². The van der Waals surface area contributed by atoms with Crippen LogP contribution in [0.1, 0.15) is 11.6 Å². The molecule has 76 valence electrons. The van der Waals surface area contributed by atoms with Crippen molar-refractivity contribution >= 4 is 18.6 Å². The molecule has 0 amide bonds. The van der Waals surface area contributed by atoms with Gasteiger partial charge in [0, 0.05) is 0 Å². The van der Waals surface area contributed by atoms with Gasteiger partial charge < -0.3 is 10.5 Å². The largest absolute Gasteiger partial charge is 0.468 e. The van der Waals surface area contributed by atoms with Crippen LogP contribution in [-0.4, -0.2) is 18.3 Å². The Morgan fingerprint density at radius 2 is 2.00 bits per heavy atom. The van der Waals surface area contributed by atoms with Crippen LogP contribution in [0.3, 0.4) is 0 Å². The number of carbonyl (C=O) groups is 1. The van der Waals surface area contributed by atoms with E-state index in [-0.39, 0.29) is 0 Å². The molecule has 4 heteroatoms. The van der Waals surface area contributed by atoms with Gasteiger partial charge in [-0.05, 0) is 5.56 Å². The van der Waals surface area contributed by atoms with Gasteiger partial charge in [0.2, 0.25) is 0 Å². The highest BCUT2D eigenvalue weighted by atomic mass is 32.1. The van der Waals surface area contributed by atoms with Crippen molar-refractivity contribution in [3.8, 4) is 0 Å². The molecule has 1 rings (SSSR count). The van der Waals surface area contributed by atoms with Gasteiger partial charge in [-0.2, -0.15) is 12.6 Å². The van der Waals surface area contributed by atoms with Crippen molar-refractivity contribution in [1.82, 2.24) is 0 Å². The van der Waals surface area contributed by atoms with Crippen molar-refractivity contribution in [2.24, 2.45) is 5.73 Å². The lowest BCUT2D eigenvalue weighted by Crippen LogP contribution is -2.30. The number of benzene rings is 1. The van der Waals surface area contributed by atoms with E-state index in [1.165, 1.54) is 7.11 Å². The summed E-state index contributed by atoms with van der Waals surface area (Å²) >= 11 is 4.11. The predicted octanol–water partition coefficient (Wildman–Crippen LogP) is 1.16. The van der Waals surface area contributed by atoms with E-state index in [4.69, 9.17) is 5.73 Å². The van der Waals surface area contributed by atoms with Crippen LogP contribution < -0.4 is 5.73 Å². The van der Waals surface area contributed by atoms with Crippen molar-refractivity contribution in [3.05, 3.63) is 35.9 Å². The van der Waals surface area contributed by atoms with E-state index in [9.17, 15) is 4.79 Å². The summed E-state index contributed by atoms with van der Waals surface area (Å²) in [5, 5.41) is -0.623. The Kier molecular flexibility index (Phi) is 3.98. The van der Waals surface area contributed by atoms with Crippen molar-refractivity contribution in [2.45, 2.75) is 11.3 Å². The molecule has 3 nitrogen and oxygen atoms in total. The molecule has 0 aromatic heterocycles. The van der Waals surface area contributed by atoms with Gasteiger partial charge in [0.1, 0.15) is 5.25 Å². The maximum Gasteiger partial charge on any atom is 0.320 e. The van der Waals surface area contributed by atoms with Crippen molar-refractivity contribution in [3.63, 3.8) is 0 Å². The molecule has 0 radical (unpaired) electrons. The molecule has 2 atom stereocenters. The molecule has 0 saturated carbocycles. The van der Waals surface area contributed by atoms with Gasteiger partial charge in [-0.1, -0.05) is 30.3 Å². The maximum absolute atomic E-state index is 11.1. The molecule has 2 N–H and O–H groups in total. The Bertz CT molecular complexity index is 302. The molecule has 0 aliphatic heterocycles. The molecule has 0 aliphatic rings. The number of hydrogen-bond donors (Lipinski definition) is 2. The fourth-order valence-electron chi connectivity index (χ4n) is 1.12. The van der Waals surface area contributed by atoms with Gasteiger partial charge in [0.15, 0.2) is 0 Å². The second-order valence-corrected chi connectivity index (χ2v) is 3.46. The first-order valence-electron chi connectivity index (χ1n) is 4.23. The van der Waals surface area contributed by atoms with Crippen LogP contribution in [0.2, 0.25) is 0 Å². The van der Waals surface area contributed by atoms with Gasteiger partial charge in [-0.3, -0.25) is 4.79 Å². The summed E-state index contributed by atoms with van der Waals surface area (Å²) in [6.07, 6.45) is 0. The molecule has 0 spiro atoms. The van der Waals surface area contributed by atoms with E-state index < -0.39 is 17.3 Å². The van der Waals surface area contributed by atoms with Crippen LogP contribution >= 0.6 is 12.6 Å². The van der Waals surface area contributed by atoms with Crippen LogP contribution in [0.5, 0.6) is 0 Å². The summed E-state index contributed by atoms with van der Waals surface area (Å²) < 4.78 is 4.56. The summed E-state index contributed by atoms with van der Waals surface area (Å²) in [6.45, 7) is 0. The number of hydrogen-bond acceptors (Lipinski definition) is 4. The Labute approximate surface area is 88.7 Å². The standard InChI is InChI=1S/C10H13NO2S/c1-13-10(12)9(14)8(11)7-5-3-2-4-6-7/h2-6,8-9,14H,11H2,1H3/t8-,9-/m0/s1. The summed E-state index contributed by atoms with van der Waals surface area (Å²) in [6, 6.07) is 8.90. The lowest BCUT2D eigenvalue weighted by atomic mass is 10.0. The quantitative estimate of drug-likeness (QED) is 0.582. The first kappa shape index (κ1) is 11.1. The van der Waals surface area contributed by atoms with Crippen LogP contribution in [0.15, 0.2) is 30.3 Å². The van der Waals surface area contributed by atoms with Crippen molar-refractivity contribution < 1.29 is 9.53 Å². The Hall–Kier alpha value is -1.00. The molecule has 0 unspecified atom stereocenters. The van der Waals surface area contributed by atoms with E-state index in [0.29, 0.717) is 0 Å². The zero-order valence-corrected chi connectivity index (χ0v) is 8.78. The molecule has 0 heterocycles. The van der Waals surface area contributed by atoms with E-state index >= 15 is 0 Å². The second kappa shape index (κ2) is 5.02. The van der Waals surface area contributed by atoms with Crippen LogP contribution in [0, 0.1) is 0 Å². The lowest BCUT2D eigenvalue weighted by molar-refractivity contribution is -0.140. The van der Waals surface area contributed by atoms with E-state index in [1.54, 1.807) is 0 Å². The average Bonchev–Trinajstić information content (AvgIpc) is 2.27. The second-order valence-electron chi connectivity index (χ2n) is 2.90. The molecule has 0 saturated heterocycles. The predicted molar refractivity (Wildman–Crippen MR) is 58.2 cm³/mol. The molecule has 1 aromatic rings. The average molecular weight is 211 g/mol. The smallest absolute Gasteiger partial charge is 0.320 e. The third-order valence-electron chi connectivity index (χ3n) is 1.97. The summed E-state index contributed by atoms with van der Waals surface area (Å²) in [5.74, 6) is -0.412. The van der Waals surface area contributed by atoms with Gasteiger partial charge >= 0.3 is 5.97 Å². The minimum Gasteiger partial charge on any atom is -0.468 e. The molecule has 0 bridgehead atoms. The van der Waals surface area contributed by atoms with Gasteiger partial charge in [-0.15, -0.1) is 0 Å². The number of rotatable bonds is 3. The molecular formula is C10H13NO2S. The summed E-state index contributed by atoms with van der Waals surface area (Å²) in [5.41, 5.74) is 6.71. The van der Waals surface area contributed by atoms with Crippen LogP contribution in [0.25, 0.3) is 0 Å². The summed E-state index contributed by atoms with van der Waals surface area (Å²) in [4.78, 5) is 11.1. The number of methoxy groups -OCH3 is 1. The fourth-order valence-corrected chi connectivity index (χ4v) is 1.40. The monoisotopic (exact) mass is 211 g/mol. The highest BCUT2D eigenvalue weighted by molar-refractivity contribution is 7.81. The zero-order chi connectivity index (χ0) is 10.6. The minimum atomic E-state index is -0.623. The lowest BCUT2D eigenvalue weighted by Gasteiger charge is -2.16. The Morgan fingerprint density at radius 3 is 2.50 bits per heavy atom. The Balaban J connectivity index is 2.75. The first-order chi connectivity index (χ1) is 6.66. The number of esters is 1.